The van der Waals surface area contributed by atoms with Gasteiger partial charge in [0.2, 0.25) is 0 Å². The Kier molecular flexibility index (Phi) is 1.87. The molecule has 90 valence electrons. The predicted molar refractivity (Wildman–Crippen MR) is 65.6 cm³/mol. The average molecular weight is 269 g/mol. The molecule has 4 bridgehead atoms. The summed E-state index contributed by atoms with van der Waals surface area (Å²) in [4.78, 5) is 0.465. The Hall–Kier alpha value is -0.540. The Morgan fingerprint density at radius 2 is 1.76 bits per heavy atom. The second-order valence-corrected chi connectivity index (χ2v) is 8.09. The first-order valence-electron chi connectivity index (χ1n) is 6.05. The number of rotatable bonds is 2. The lowest BCUT2D eigenvalue weighted by Crippen LogP contribution is -2.27. The molecule has 0 saturated heterocycles. The maximum Gasteiger partial charge on any atom is 0.181 e. The highest BCUT2D eigenvalue weighted by Gasteiger charge is 2.76. The summed E-state index contributed by atoms with van der Waals surface area (Å²) in [7, 11) is -3.17. The van der Waals surface area contributed by atoms with Crippen LogP contribution in [0.15, 0.2) is 35.2 Å². The van der Waals surface area contributed by atoms with Gasteiger partial charge in [0.25, 0.3) is 0 Å². The molecule has 0 N–H and O–H groups in total. The second-order valence-electron chi connectivity index (χ2n) is 5.49. The van der Waals surface area contributed by atoms with E-state index < -0.39 is 9.84 Å². The van der Waals surface area contributed by atoms with Gasteiger partial charge < -0.3 is 0 Å². The molecule has 4 aliphatic carbocycles. The summed E-state index contributed by atoms with van der Waals surface area (Å²) >= 11 is 6.32. The summed E-state index contributed by atoms with van der Waals surface area (Å²) in [6, 6.07) is 8.82. The minimum Gasteiger partial charge on any atom is -0.223 e. The van der Waals surface area contributed by atoms with Gasteiger partial charge in [0.1, 0.15) is 0 Å². The van der Waals surface area contributed by atoms with Crippen molar-refractivity contribution in [1.82, 2.24) is 0 Å². The third kappa shape index (κ3) is 1.14. The van der Waals surface area contributed by atoms with Gasteiger partial charge >= 0.3 is 0 Å². The van der Waals surface area contributed by atoms with Crippen LogP contribution in [0.5, 0.6) is 0 Å². The van der Waals surface area contributed by atoms with Crippen molar-refractivity contribution in [2.75, 3.05) is 0 Å². The second kappa shape index (κ2) is 3.07. The van der Waals surface area contributed by atoms with E-state index in [2.05, 4.69) is 0 Å². The van der Waals surface area contributed by atoms with E-state index in [4.69, 9.17) is 11.6 Å². The molecule has 4 heteroatoms. The standard InChI is InChI=1S/C13H13ClO2S/c14-12-9-6-8-10(12)11(8)13(9)17(15,16)7-4-2-1-3-5-7/h1-5,8-13H,6H2. The number of alkyl halides is 1. The zero-order chi connectivity index (χ0) is 11.8. The fraction of sp³-hybridized carbons (Fsp3) is 0.538. The number of sulfone groups is 1. The highest BCUT2D eigenvalue weighted by atomic mass is 35.5. The molecule has 1 aromatic carbocycles. The predicted octanol–water partition coefficient (Wildman–Crippen LogP) is 2.33. The van der Waals surface area contributed by atoms with Crippen molar-refractivity contribution >= 4 is 21.4 Å². The van der Waals surface area contributed by atoms with Crippen molar-refractivity contribution in [3.8, 4) is 0 Å². The summed E-state index contributed by atoms with van der Waals surface area (Å²) in [6.45, 7) is 0. The van der Waals surface area contributed by atoms with Crippen LogP contribution < -0.4 is 0 Å². The molecule has 0 aliphatic heterocycles. The van der Waals surface area contributed by atoms with Gasteiger partial charge in [0, 0.05) is 5.38 Å². The van der Waals surface area contributed by atoms with Crippen molar-refractivity contribution in [3.05, 3.63) is 30.3 Å². The van der Waals surface area contributed by atoms with Crippen molar-refractivity contribution in [1.29, 1.82) is 0 Å². The Bertz CT molecular complexity index is 568. The molecule has 4 saturated carbocycles. The smallest absolute Gasteiger partial charge is 0.181 e. The molecular weight excluding hydrogens is 256 g/mol. The van der Waals surface area contributed by atoms with Gasteiger partial charge in [-0.15, -0.1) is 11.6 Å². The fourth-order valence-corrected chi connectivity index (χ4v) is 7.28. The van der Waals surface area contributed by atoms with Gasteiger partial charge in [-0.05, 0) is 42.2 Å². The molecule has 0 aromatic heterocycles. The zero-order valence-corrected chi connectivity index (χ0v) is 10.7. The van der Waals surface area contributed by atoms with Gasteiger partial charge in [-0.2, -0.15) is 0 Å². The first-order valence-corrected chi connectivity index (χ1v) is 8.03. The molecule has 0 spiro atoms. The number of benzene rings is 1. The molecule has 0 amide bonds. The molecule has 2 nitrogen and oxygen atoms in total. The van der Waals surface area contributed by atoms with Gasteiger partial charge in [-0.1, -0.05) is 18.2 Å². The van der Waals surface area contributed by atoms with Crippen molar-refractivity contribution in [2.45, 2.75) is 21.9 Å². The topological polar surface area (TPSA) is 34.1 Å². The Morgan fingerprint density at radius 3 is 2.24 bits per heavy atom. The van der Waals surface area contributed by atoms with E-state index in [1.165, 1.54) is 0 Å². The molecule has 4 aliphatic rings. The van der Waals surface area contributed by atoms with Crippen LogP contribution in [0.2, 0.25) is 0 Å². The Labute approximate surface area is 106 Å². The van der Waals surface area contributed by atoms with Crippen molar-refractivity contribution in [2.24, 2.45) is 23.7 Å². The molecule has 0 radical (unpaired) electrons. The van der Waals surface area contributed by atoms with Crippen LogP contribution in [0.1, 0.15) is 6.42 Å². The van der Waals surface area contributed by atoms with Gasteiger partial charge in [0.05, 0.1) is 10.1 Å². The molecular formula is C13H13ClO2S. The quantitative estimate of drug-likeness (QED) is 0.772. The van der Waals surface area contributed by atoms with E-state index in [-0.39, 0.29) is 16.5 Å². The fourth-order valence-electron chi connectivity index (χ4n) is 4.19. The third-order valence-electron chi connectivity index (χ3n) is 4.84. The van der Waals surface area contributed by atoms with E-state index in [0.29, 0.717) is 22.6 Å². The van der Waals surface area contributed by atoms with Gasteiger partial charge in [-0.3, -0.25) is 0 Å². The summed E-state index contributed by atoms with van der Waals surface area (Å²) < 4.78 is 25.2. The Morgan fingerprint density at radius 1 is 1.06 bits per heavy atom. The molecule has 0 heterocycles. The highest BCUT2D eigenvalue weighted by Crippen LogP contribution is 2.73. The summed E-state index contributed by atoms with van der Waals surface area (Å²) in [5, 5.41) is -0.101. The van der Waals surface area contributed by atoms with E-state index >= 15 is 0 Å². The summed E-state index contributed by atoms with van der Waals surface area (Å²) in [5.41, 5.74) is 0. The number of halogens is 1. The molecule has 17 heavy (non-hydrogen) atoms. The highest BCUT2D eigenvalue weighted by molar-refractivity contribution is 7.92. The van der Waals surface area contributed by atoms with Crippen LogP contribution in [-0.4, -0.2) is 19.0 Å². The SMILES string of the molecule is O=S(=O)(c1ccccc1)C1C2CC3C(C2Cl)C31. The van der Waals surface area contributed by atoms with Crippen LogP contribution in [0.25, 0.3) is 0 Å². The minimum atomic E-state index is -3.17. The summed E-state index contributed by atoms with van der Waals surface area (Å²) in [5.74, 6) is 1.64. The van der Waals surface area contributed by atoms with Crippen LogP contribution in [0.3, 0.4) is 0 Å². The molecule has 6 atom stereocenters. The van der Waals surface area contributed by atoms with Crippen molar-refractivity contribution < 1.29 is 8.42 Å². The largest absolute Gasteiger partial charge is 0.223 e. The van der Waals surface area contributed by atoms with Crippen LogP contribution in [-0.2, 0) is 9.84 Å². The molecule has 6 unspecified atom stereocenters. The van der Waals surface area contributed by atoms with E-state index in [1.807, 2.05) is 6.07 Å². The Balaban J connectivity index is 1.78. The van der Waals surface area contributed by atoms with Gasteiger partial charge in [-0.25, -0.2) is 8.42 Å². The number of hydrogen-bond acceptors (Lipinski definition) is 2. The van der Waals surface area contributed by atoms with Gasteiger partial charge in [0.15, 0.2) is 9.84 Å². The monoisotopic (exact) mass is 268 g/mol. The molecule has 1 aromatic rings. The lowest BCUT2D eigenvalue weighted by molar-refractivity contribution is 0.544. The van der Waals surface area contributed by atoms with Crippen LogP contribution >= 0.6 is 11.6 Å². The molecule has 5 rings (SSSR count). The van der Waals surface area contributed by atoms with E-state index in [9.17, 15) is 8.42 Å². The van der Waals surface area contributed by atoms with E-state index in [1.54, 1.807) is 24.3 Å². The molecule has 4 fully saturated rings. The van der Waals surface area contributed by atoms with Crippen LogP contribution in [0, 0.1) is 23.7 Å². The lowest BCUT2D eigenvalue weighted by atomic mass is 10.1. The minimum absolute atomic E-state index is 0.105. The normalized spacial score (nSPS) is 46.2. The third-order valence-corrected chi connectivity index (χ3v) is 7.77. The number of hydrogen-bond donors (Lipinski definition) is 0. The lowest BCUT2D eigenvalue weighted by Gasteiger charge is -2.17. The summed E-state index contributed by atoms with van der Waals surface area (Å²) in [6.07, 6.45) is 1.03. The zero-order valence-electron chi connectivity index (χ0n) is 9.16. The first-order chi connectivity index (χ1) is 8.12. The average Bonchev–Trinajstić information content (AvgIpc) is 2.64. The van der Waals surface area contributed by atoms with E-state index in [0.717, 1.165) is 6.42 Å². The maximum absolute atomic E-state index is 12.6. The van der Waals surface area contributed by atoms with Crippen LogP contribution in [0.4, 0.5) is 0 Å². The van der Waals surface area contributed by atoms with Crippen molar-refractivity contribution in [3.63, 3.8) is 0 Å². The first kappa shape index (κ1) is 10.4. The maximum atomic E-state index is 12.6.